The van der Waals surface area contributed by atoms with E-state index in [1.54, 1.807) is 18.3 Å². The predicted octanol–water partition coefficient (Wildman–Crippen LogP) is 3.14. The quantitative estimate of drug-likeness (QED) is 0.832. The second kappa shape index (κ2) is 8.76. The fraction of sp³-hybridized carbons (Fsp3) is 0.250. The third-order valence-corrected chi connectivity index (χ3v) is 3.58. The Morgan fingerprint density at radius 3 is 2.55 bits per heavy atom. The van der Waals surface area contributed by atoms with Gasteiger partial charge in [-0.15, -0.1) is 12.4 Å². The number of carbonyl (C=O) groups excluding carboxylic acids is 1. The van der Waals surface area contributed by atoms with Crippen LogP contribution in [0, 0.1) is 0 Å². The molecule has 3 N–H and O–H groups in total. The fourth-order valence-corrected chi connectivity index (χ4v) is 2.32. The SMILES string of the molecule is CC(Cc1ccc(Br)cc1)NC(=O)Cc1ccc(N)cn1.Cl. The summed E-state index contributed by atoms with van der Waals surface area (Å²) >= 11 is 3.41. The molecule has 1 atom stereocenters. The Labute approximate surface area is 145 Å². The Morgan fingerprint density at radius 2 is 1.95 bits per heavy atom. The molecule has 6 heteroatoms. The normalized spacial score (nSPS) is 11.4. The van der Waals surface area contributed by atoms with Crippen LogP contribution in [0.25, 0.3) is 0 Å². The first-order chi connectivity index (χ1) is 10.0. The van der Waals surface area contributed by atoms with Crippen LogP contribution in [-0.4, -0.2) is 16.9 Å². The number of aromatic nitrogens is 1. The van der Waals surface area contributed by atoms with E-state index < -0.39 is 0 Å². The molecule has 0 aliphatic carbocycles. The molecule has 1 amide bonds. The number of carbonyl (C=O) groups is 1. The molecule has 1 aromatic carbocycles. The molecule has 0 bridgehead atoms. The summed E-state index contributed by atoms with van der Waals surface area (Å²) in [6.45, 7) is 2.00. The Kier molecular flexibility index (Phi) is 7.35. The molecule has 0 radical (unpaired) electrons. The highest BCUT2D eigenvalue weighted by atomic mass is 79.9. The zero-order chi connectivity index (χ0) is 15.2. The van der Waals surface area contributed by atoms with Crippen molar-refractivity contribution in [2.24, 2.45) is 0 Å². The summed E-state index contributed by atoms with van der Waals surface area (Å²) in [6.07, 6.45) is 2.63. The Balaban J connectivity index is 0.00000242. The van der Waals surface area contributed by atoms with Gasteiger partial charge in [0.05, 0.1) is 18.3 Å². The largest absolute Gasteiger partial charge is 0.397 e. The first-order valence-corrected chi connectivity index (χ1v) is 7.56. The first kappa shape index (κ1) is 18.5. The van der Waals surface area contributed by atoms with Gasteiger partial charge in [-0.05, 0) is 43.2 Å². The third-order valence-electron chi connectivity index (χ3n) is 3.05. The Hall–Kier alpha value is -1.59. The minimum absolute atomic E-state index is 0. The number of benzene rings is 1. The number of nitrogens with one attached hydrogen (secondary N) is 1. The van der Waals surface area contributed by atoms with Gasteiger partial charge in [0.15, 0.2) is 0 Å². The van der Waals surface area contributed by atoms with Gasteiger partial charge in [-0.2, -0.15) is 0 Å². The van der Waals surface area contributed by atoms with Gasteiger partial charge in [0.1, 0.15) is 0 Å². The van der Waals surface area contributed by atoms with Gasteiger partial charge in [0.25, 0.3) is 0 Å². The van der Waals surface area contributed by atoms with Gasteiger partial charge in [-0.25, -0.2) is 0 Å². The highest BCUT2D eigenvalue weighted by Gasteiger charge is 2.09. The number of hydrogen-bond donors (Lipinski definition) is 2. The van der Waals surface area contributed by atoms with E-state index >= 15 is 0 Å². The second-order valence-corrected chi connectivity index (χ2v) is 5.97. The van der Waals surface area contributed by atoms with Crippen molar-refractivity contribution in [3.8, 4) is 0 Å². The van der Waals surface area contributed by atoms with E-state index in [2.05, 4.69) is 26.2 Å². The van der Waals surface area contributed by atoms with Gasteiger partial charge in [0.2, 0.25) is 5.91 Å². The minimum atomic E-state index is -0.0307. The highest BCUT2D eigenvalue weighted by Crippen LogP contribution is 2.12. The van der Waals surface area contributed by atoms with Crippen LogP contribution < -0.4 is 11.1 Å². The molecular formula is C16H19BrClN3O. The molecule has 118 valence electrons. The number of rotatable bonds is 5. The standard InChI is InChI=1S/C16H18BrN3O.ClH/c1-11(8-12-2-4-13(17)5-3-12)20-16(21)9-15-7-6-14(18)10-19-15;/h2-7,10-11H,8-9,18H2,1H3,(H,20,21);1H. The van der Waals surface area contributed by atoms with Gasteiger partial charge in [-0.1, -0.05) is 28.1 Å². The van der Waals surface area contributed by atoms with Crippen LogP contribution in [0.1, 0.15) is 18.2 Å². The molecular weight excluding hydrogens is 366 g/mol. The number of amides is 1. The Bertz CT molecular complexity index is 602. The molecule has 0 aliphatic rings. The Morgan fingerprint density at radius 1 is 1.27 bits per heavy atom. The zero-order valence-corrected chi connectivity index (χ0v) is 14.7. The maximum absolute atomic E-state index is 12.0. The van der Waals surface area contributed by atoms with Gasteiger partial charge < -0.3 is 11.1 Å². The van der Waals surface area contributed by atoms with Crippen molar-refractivity contribution < 1.29 is 4.79 Å². The zero-order valence-electron chi connectivity index (χ0n) is 12.3. The number of anilines is 1. The van der Waals surface area contributed by atoms with Crippen LogP contribution in [0.3, 0.4) is 0 Å². The monoisotopic (exact) mass is 383 g/mol. The van der Waals surface area contributed by atoms with E-state index in [0.717, 1.165) is 16.6 Å². The fourth-order valence-electron chi connectivity index (χ4n) is 2.06. The van der Waals surface area contributed by atoms with E-state index in [1.807, 2.05) is 31.2 Å². The van der Waals surface area contributed by atoms with Crippen molar-refractivity contribution in [1.82, 2.24) is 10.3 Å². The van der Waals surface area contributed by atoms with E-state index in [4.69, 9.17) is 5.73 Å². The average molecular weight is 385 g/mol. The smallest absolute Gasteiger partial charge is 0.226 e. The van der Waals surface area contributed by atoms with E-state index in [9.17, 15) is 4.79 Å². The van der Waals surface area contributed by atoms with Crippen LogP contribution in [0.4, 0.5) is 5.69 Å². The summed E-state index contributed by atoms with van der Waals surface area (Å²) in [6, 6.07) is 11.7. The van der Waals surface area contributed by atoms with Crippen molar-refractivity contribution in [1.29, 1.82) is 0 Å². The van der Waals surface area contributed by atoms with Gasteiger partial charge in [0, 0.05) is 16.2 Å². The number of pyridine rings is 1. The molecule has 0 saturated heterocycles. The molecule has 0 aliphatic heterocycles. The lowest BCUT2D eigenvalue weighted by molar-refractivity contribution is -0.121. The van der Waals surface area contributed by atoms with Crippen LogP contribution >= 0.6 is 28.3 Å². The number of nitrogens with two attached hydrogens (primary N) is 1. The van der Waals surface area contributed by atoms with Crippen molar-refractivity contribution in [3.05, 3.63) is 58.3 Å². The van der Waals surface area contributed by atoms with Crippen molar-refractivity contribution in [3.63, 3.8) is 0 Å². The maximum Gasteiger partial charge on any atom is 0.226 e. The van der Waals surface area contributed by atoms with Crippen molar-refractivity contribution in [2.45, 2.75) is 25.8 Å². The van der Waals surface area contributed by atoms with Crippen LogP contribution in [0.15, 0.2) is 47.1 Å². The third kappa shape index (κ3) is 6.03. The topological polar surface area (TPSA) is 68.0 Å². The molecule has 0 fully saturated rings. The van der Waals surface area contributed by atoms with Gasteiger partial charge in [-0.3, -0.25) is 9.78 Å². The second-order valence-electron chi connectivity index (χ2n) is 5.06. The molecule has 1 heterocycles. The van der Waals surface area contributed by atoms with Crippen molar-refractivity contribution in [2.75, 3.05) is 5.73 Å². The summed E-state index contributed by atoms with van der Waals surface area (Å²) in [7, 11) is 0. The van der Waals surface area contributed by atoms with Crippen LogP contribution in [0.2, 0.25) is 0 Å². The summed E-state index contributed by atoms with van der Waals surface area (Å²) in [5, 5.41) is 2.98. The predicted molar refractivity (Wildman–Crippen MR) is 95.1 cm³/mol. The summed E-state index contributed by atoms with van der Waals surface area (Å²) in [5.41, 5.74) is 8.08. The summed E-state index contributed by atoms with van der Waals surface area (Å²) in [5.74, 6) is -0.0307. The molecule has 0 saturated carbocycles. The lowest BCUT2D eigenvalue weighted by atomic mass is 10.1. The molecule has 2 aromatic rings. The molecule has 2 rings (SSSR count). The molecule has 4 nitrogen and oxygen atoms in total. The lowest BCUT2D eigenvalue weighted by Crippen LogP contribution is -2.35. The average Bonchev–Trinajstić information content (AvgIpc) is 2.44. The lowest BCUT2D eigenvalue weighted by Gasteiger charge is -2.14. The molecule has 1 unspecified atom stereocenters. The number of nitrogen functional groups attached to an aromatic ring is 1. The van der Waals surface area contributed by atoms with Crippen molar-refractivity contribution >= 4 is 39.9 Å². The summed E-state index contributed by atoms with van der Waals surface area (Å²) < 4.78 is 1.05. The van der Waals surface area contributed by atoms with E-state index in [1.165, 1.54) is 5.56 Å². The summed E-state index contributed by atoms with van der Waals surface area (Å²) in [4.78, 5) is 16.1. The molecule has 22 heavy (non-hydrogen) atoms. The first-order valence-electron chi connectivity index (χ1n) is 6.77. The number of nitrogens with zero attached hydrogens (tertiary/aromatic N) is 1. The van der Waals surface area contributed by atoms with Crippen LogP contribution in [-0.2, 0) is 17.6 Å². The number of halogens is 2. The maximum atomic E-state index is 12.0. The molecule has 1 aromatic heterocycles. The van der Waals surface area contributed by atoms with Crippen LogP contribution in [0.5, 0.6) is 0 Å². The van der Waals surface area contributed by atoms with E-state index in [0.29, 0.717) is 5.69 Å². The minimum Gasteiger partial charge on any atom is -0.397 e. The van der Waals surface area contributed by atoms with Gasteiger partial charge >= 0.3 is 0 Å². The number of hydrogen-bond acceptors (Lipinski definition) is 3. The highest BCUT2D eigenvalue weighted by molar-refractivity contribution is 9.10. The molecule has 0 spiro atoms. The van der Waals surface area contributed by atoms with E-state index in [-0.39, 0.29) is 30.8 Å².